The maximum absolute atomic E-state index is 12.5. The molecule has 160 valence electrons. The molecule has 0 fully saturated rings. The van der Waals surface area contributed by atoms with Crippen molar-refractivity contribution in [2.24, 2.45) is 0 Å². The molecule has 1 unspecified atom stereocenters. The minimum atomic E-state index is -0.860. The Hall–Kier alpha value is -1.87. The number of hydrogen-bond acceptors (Lipinski definition) is 6. The van der Waals surface area contributed by atoms with E-state index in [1.165, 1.54) is 17.4 Å². The molecule has 6 nitrogen and oxygen atoms in total. The van der Waals surface area contributed by atoms with Gasteiger partial charge < -0.3 is 14.8 Å². The van der Waals surface area contributed by atoms with Gasteiger partial charge in [-0.1, -0.05) is 23.2 Å². The number of aryl methyl sites for hydroxylation is 1. The number of halogens is 2. The molecule has 1 atom stereocenters. The van der Waals surface area contributed by atoms with Crippen LogP contribution >= 0.6 is 46.8 Å². The number of thiophene rings is 1. The van der Waals surface area contributed by atoms with E-state index in [9.17, 15) is 9.59 Å². The van der Waals surface area contributed by atoms with E-state index in [-0.39, 0.29) is 17.7 Å². The van der Waals surface area contributed by atoms with Crippen LogP contribution < -0.4 is 15.4 Å². The van der Waals surface area contributed by atoms with Crippen LogP contribution in [0.15, 0.2) is 18.2 Å². The van der Waals surface area contributed by atoms with Gasteiger partial charge in [0.15, 0.2) is 11.2 Å². The number of amides is 1. The minimum Gasteiger partial charge on any atom is -0.479 e. The van der Waals surface area contributed by atoms with Crippen molar-refractivity contribution in [3.05, 3.63) is 44.2 Å². The Morgan fingerprint density at radius 1 is 1.30 bits per heavy atom. The zero-order chi connectivity index (χ0) is 21.8. The van der Waals surface area contributed by atoms with Gasteiger partial charge in [0.1, 0.15) is 10.8 Å². The predicted octanol–water partition coefficient (Wildman–Crippen LogP) is 5.00. The quantitative estimate of drug-likeness (QED) is 0.441. The number of fused-ring (bicyclic) bond motifs is 1. The summed E-state index contributed by atoms with van der Waals surface area (Å²) in [4.78, 5) is 26.0. The average Bonchev–Trinajstić information content (AvgIpc) is 3.24. The Kier molecular flexibility index (Phi) is 7.57. The number of ether oxygens (including phenoxy) is 2. The van der Waals surface area contributed by atoms with Gasteiger partial charge in [-0.15, -0.1) is 11.3 Å². The van der Waals surface area contributed by atoms with E-state index in [0.717, 1.165) is 29.7 Å². The second-order valence-corrected chi connectivity index (χ2v) is 8.92. The summed E-state index contributed by atoms with van der Waals surface area (Å²) >= 11 is 18.7. The first-order chi connectivity index (χ1) is 14.3. The number of hydrogen-bond donors (Lipinski definition) is 2. The molecule has 0 bridgehead atoms. The lowest BCUT2D eigenvalue weighted by Gasteiger charge is -2.16. The Morgan fingerprint density at radius 2 is 2.07 bits per heavy atom. The van der Waals surface area contributed by atoms with Crippen LogP contribution in [0.4, 0.5) is 5.00 Å². The molecule has 1 amide bonds. The molecule has 2 aromatic rings. The average molecular weight is 487 g/mol. The SMILES string of the molecule is CCOC(=O)c1c(NC(=S)NC(=O)C(C)Oc2ccc(Cl)cc2Cl)sc2c1CCC2. The van der Waals surface area contributed by atoms with Crippen LogP contribution in [0, 0.1) is 0 Å². The van der Waals surface area contributed by atoms with Crippen LogP contribution in [0.5, 0.6) is 5.75 Å². The zero-order valence-corrected chi connectivity index (χ0v) is 19.5. The van der Waals surface area contributed by atoms with E-state index in [4.69, 9.17) is 44.9 Å². The fourth-order valence-electron chi connectivity index (χ4n) is 3.07. The van der Waals surface area contributed by atoms with Crippen molar-refractivity contribution >= 4 is 68.7 Å². The first kappa shape index (κ1) is 22.8. The Labute approximate surface area is 193 Å². The van der Waals surface area contributed by atoms with Crippen LogP contribution in [-0.2, 0) is 22.4 Å². The highest BCUT2D eigenvalue weighted by Gasteiger charge is 2.28. The van der Waals surface area contributed by atoms with Crippen molar-refractivity contribution in [2.45, 2.75) is 39.2 Å². The fourth-order valence-corrected chi connectivity index (χ4v) is 5.08. The number of benzene rings is 1. The van der Waals surface area contributed by atoms with Gasteiger partial charge in [0, 0.05) is 9.90 Å². The molecule has 0 saturated heterocycles. The summed E-state index contributed by atoms with van der Waals surface area (Å²) in [6.07, 6.45) is 1.89. The zero-order valence-electron chi connectivity index (χ0n) is 16.3. The fraction of sp³-hybridized carbons (Fsp3) is 0.350. The van der Waals surface area contributed by atoms with E-state index in [0.29, 0.717) is 26.4 Å². The first-order valence-corrected chi connectivity index (χ1v) is 11.3. The van der Waals surface area contributed by atoms with E-state index in [1.54, 1.807) is 26.0 Å². The number of esters is 1. The third kappa shape index (κ3) is 5.24. The van der Waals surface area contributed by atoms with Crippen molar-refractivity contribution in [1.29, 1.82) is 0 Å². The molecule has 1 aromatic heterocycles. The van der Waals surface area contributed by atoms with Gasteiger partial charge in [-0.25, -0.2) is 4.79 Å². The third-order valence-corrected chi connectivity index (χ3v) is 6.37. The van der Waals surface area contributed by atoms with Gasteiger partial charge in [0.25, 0.3) is 5.91 Å². The van der Waals surface area contributed by atoms with E-state index in [2.05, 4.69) is 10.6 Å². The van der Waals surface area contributed by atoms with Gasteiger partial charge in [-0.3, -0.25) is 10.1 Å². The van der Waals surface area contributed by atoms with Crippen LogP contribution in [0.3, 0.4) is 0 Å². The van der Waals surface area contributed by atoms with Crippen LogP contribution in [0.1, 0.15) is 41.1 Å². The van der Waals surface area contributed by atoms with Gasteiger partial charge in [0.2, 0.25) is 0 Å². The number of thiocarbonyl (C=S) groups is 1. The summed E-state index contributed by atoms with van der Waals surface area (Å²) < 4.78 is 10.8. The standard InChI is InChI=1S/C20H20Cl2N2O4S2/c1-3-27-19(26)16-12-5-4-6-15(12)30-18(16)24-20(29)23-17(25)10(2)28-14-8-7-11(21)9-13(14)22/h7-10H,3-6H2,1-2H3,(H2,23,24,25,29). The highest BCUT2D eigenvalue weighted by molar-refractivity contribution is 7.80. The van der Waals surface area contributed by atoms with Crippen molar-refractivity contribution in [3.63, 3.8) is 0 Å². The van der Waals surface area contributed by atoms with Gasteiger partial charge in [0.05, 0.1) is 17.2 Å². The molecule has 0 aliphatic heterocycles. The summed E-state index contributed by atoms with van der Waals surface area (Å²) in [5, 5.41) is 6.97. The third-order valence-electron chi connectivity index (χ3n) is 4.43. The van der Waals surface area contributed by atoms with Gasteiger partial charge in [-0.2, -0.15) is 0 Å². The molecule has 1 aliphatic carbocycles. The molecule has 1 aromatic carbocycles. The number of carbonyl (C=O) groups excluding carboxylic acids is 2. The smallest absolute Gasteiger partial charge is 0.341 e. The first-order valence-electron chi connectivity index (χ1n) is 9.35. The van der Waals surface area contributed by atoms with Crippen molar-refractivity contribution < 1.29 is 19.1 Å². The van der Waals surface area contributed by atoms with Crippen molar-refractivity contribution in [1.82, 2.24) is 5.32 Å². The highest BCUT2D eigenvalue weighted by atomic mass is 35.5. The second kappa shape index (κ2) is 9.96. The van der Waals surface area contributed by atoms with Crippen LogP contribution in [-0.4, -0.2) is 29.7 Å². The lowest BCUT2D eigenvalue weighted by Crippen LogP contribution is -2.42. The van der Waals surface area contributed by atoms with E-state index < -0.39 is 12.0 Å². The molecule has 0 spiro atoms. The second-order valence-electron chi connectivity index (χ2n) is 6.56. The maximum Gasteiger partial charge on any atom is 0.341 e. The van der Waals surface area contributed by atoms with Gasteiger partial charge >= 0.3 is 5.97 Å². The predicted molar refractivity (Wildman–Crippen MR) is 123 cm³/mol. The summed E-state index contributed by atoms with van der Waals surface area (Å²) in [6, 6.07) is 4.73. The Morgan fingerprint density at radius 3 is 2.77 bits per heavy atom. The summed E-state index contributed by atoms with van der Waals surface area (Å²) in [7, 11) is 0. The lowest BCUT2D eigenvalue weighted by molar-refractivity contribution is -0.125. The molecule has 30 heavy (non-hydrogen) atoms. The monoisotopic (exact) mass is 486 g/mol. The molecule has 1 aliphatic rings. The number of anilines is 1. The normalized spacial score (nSPS) is 13.3. The number of carbonyl (C=O) groups is 2. The molecule has 3 rings (SSSR count). The van der Waals surface area contributed by atoms with Crippen LogP contribution in [0.2, 0.25) is 10.0 Å². The molecule has 2 N–H and O–H groups in total. The Balaban J connectivity index is 1.65. The van der Waals surface area contributed by atoms with E-state index >= 15 is 0 Å². The molecule has 0 radical (unpaired) electrons. The van der Waals surface area contributed by atoms with Crippen molar-refractivity contribution in [3.8, 4) is 5.75 Å². The minimum absolute atomic E-state index is 0.0723. The highest BCUT2D eigenvalue weighted by Crippen LogP contribution is 2.39. The molecule has 10 heteroatoms. The molecule has 0 saturated carbocycles. The summed E-state index contributed by atoms with van der Waals surface area (Å²) in [5.41, 5.74) is 1.51. The Bertz CT molecular complexity index is 993. The molecule has 1 heterocycles. The topological polar surface area (TPSA) is 76.7 Å². The largest absolute Gasteiger partial charge is 0.479 e. The molecular formula is C20H20Cl2N2O4S2. The molecular weight excluding hydrogens is 467 g/mol. The van der Waals surface area contributed by atoms with Crippen LogP contribution in [0.25, 0.3) is 0 Å². The lowest BCUT2D eigenvalue weighted by atomic mass is 10.1. The summed E-state index contributed by atoms with van der Waals surface area (Å²) in [6.45, 7) is 3.62. The number of nitrogens with one attached hydrogen (secondary N) is 2. The van der Waals surface area contributed by atoms with E-state index in [1.807, 2.05) is 0 Å². The number of rotatable bonds is 6. The van der Waals surface area contributed by atoms with Gasteiger partial charge in [-0.05, 0) is 69.1 Å². The van der Waals surface area contributed by atoms with Crippen molar-refractivity contribution in [2.75, 3.05) is 11.9 Å². The summed E-state index contributed by atoms with van der Waals surface area (Å²) in [5.74, 6) is -0.509. The maximum atomic E-state index is 12.5.